The summed E-state index contributed by atoms with van der Waals surface area (Å²) >= 11 is 0. The number of nitrogens with zero attached hydrogens (tertiary/aromatic N) is 1. The van der Waals surface area contributed by atoms with Gasteiger partial charge >= 0.3 is 0 Å². The fourth-order valence-corrected chi connectivity index (χ4v) is 1.78. The summed E-state index contributed by atoms with van der Waals surface area (Å²) in [6.45, 7) is 5.10. The monoisotopic (exact) mass is 271 g/mol. The highest BCUT2D eigenvalue weighted by Gasteiger charge is 2.34. The fourth-order valence-electron chi connectivity index (χ4n) is 1.78. The van der Waals surface area contributed by atoms with E-state index in [2.05, 4.69) is 0 Å². The summed E-state index contributed by atoms with van der Waals surface area (Å²) in [5.41, 5.74) is 0. The molecule has 108 valence electrons. The molecule has 1 aliphatic rings. The van der Waals surface area contributed by atoms with E-state index in [-0.39, 0.29) is 23.5 Å². The first-order valence-corrected chi connectivity index (χ1v) is 6.51. The smallest absolute Gasteiger partial charge is 0.232 e. The molecule has 6 nitrogen and oxygen atoms in total. The van der Waals surface area contributed by atoms with Crippen LogP contribution in [0.4, 0.5) is 0 Å². The first-order chi connectivity index (χ1) is 9.02. The number of hydrogen-bond acceptors (Lipinski definition) is 5. The Morgan fingerprint density at radius 2 is 1.84 bits per heavy atom. The summed E-state index contributed by atoms with van der Waals surface area (Å²) in [4.78, 5) is 34.9. The van der Waals surface area contributed by atoms with Gasteiger partial charge in [-0.15, -0.1) is 0 Å². The maximum atomic E-state index is 11.6. The SMILES string of the molecule is CC(=O)CCOCCOCCN1C(=O)CC(C)C1=O. The van der Waals surface area contributed by atoms with Gasteiger partial charge in [0.1, 0.15) is 5.78 Å². The van der Waals surface area contributed by atoms with Crippen molar-refractivity contribution in [2.75, 3.05) is 33.0 Å². The number of ketones is 1. The van der Waals surface area contributed by atoms with Crippen molar-refractivity contribution < 1.29 is 23.9 Å². The average Bonchev–Trinajstić information content (AvgIpc) is 2.58. The lowest BCUT2D eigenvalue weighted by molar-refractivity contribution is -0.140. The second-order valence-corrected chi connectivity index (χ2v) is 4.67. The number of hydrogen-bond donors (Lipinski definition) is 0. The van der Waals surface area contributed by atoms with Gasteiger partial charge in [0, 0.05) is 18.8 Å². The van der Waals surface area contributed by atoms with Gasteiger partial charge in [0.15, 0.2) is 0 Å². The second kappa shape index (κ2) is 8.01. The topological polar surface area (TPSA) is 72.9 Å². The number of rotatable bonds is 9. The summed E-state index contributed by atoms with van der Waals surface area (Å²) < 4.78 is 10.5. The van der Waals surface area contributed by atoms with Crippen LogP contribution in [0.25, 0.3) is 0 Å². The van der Waals surface area contributed by atoms with Gasteiger partial charge in [0.05, 0.1) is 33.0 Å². The first-order valence-electron chi connectivity index (χ1n) is 6.51. The molecule has 0 aliphatic carbocycles. The summed E-state index contributed by atoms with van der Waals surface area (Å²) in [7, 11) is 0. The van der Waals surface area contributed by atoms with Crippen molar-refractivity contribution in [3.8, 4) is 0 Å². The molecular weight excluding hydrogens is 250 g/mol. The molecule has 1 fully saturated rings. The molecule has 19 heavy (non-hydrogen) atoms. The van der Waals surface area contributed by atoms with Crippen LogP contribution in [-0.4, -0.2) is 55.5 Å². The van der Waals surface area contributed by atoms with Crippen molar-refractivity contribution in [2.24, 2.45) is 5.92 Å². The van der Waals surface area contributed by atoms with Crippen molar-refractivity contribution in [1.82, 2.24) is 4.90 Å². The highest BCUT2D eigenvalue weighted by Crippen LogP contribution is 2.17. The zero-order chi connectivity index (χ0) is 14.3. The zero-order valence-electron chi connectivity index (χ0n) is 11.5. The maximum absolute atomic E-state index is 11.6. The number of imide groups is 1. The van der Waals surface area contributed by atoms with E-state index in [4.69, 9.17) is 9.47 Å². The summed E-state index contributed by atoms with van der Waals surface area (Å²) in [6.07, 6.45) is 0.710. The van der Waals surface area contributed by atoms with Gasteiger partial charge in [-0.05, 0) is 6.92 Å². The lowest BCUT2D eigenvalue weighted by Gasteiger charge is -2.14. The van der Waals surface area contributed by atoms with Gasteiger partial charge in [-0.25, -0.2) is 0 Å². The molecule has 0 spiro atoms. The Hall–Kier alpha value is -1.27. The first kappa shape index (κ1) is 15.8. The van der Waals surface area contributed by atoms with Gasteiger partial charge in [-0.3, -0.25) is 19.3 Å². The Kier molecular flexibility index (Phi) is 6.66. The van der Waals surface area contributed by atoms with Crippen LogP contribution in [0.3, 0.4) is 0 Å². The van der Waals surface area contributed by atoms with Crippen molar-refractivity contribution in [1.29, 1.82) is 0 Å². The molecule has 0 saturated carbocycles. The van der Waals surface area contributed by atoms with Gasteiger partial charge in [0.2, 0.25) is 11.8 Å². The number of likely N-dealkylation sites (tertiary alicyclic amines) is 1. The molecule has 6 heteroatoms. The molecular formula is C13H21NO5. The Labute approximate surface area is 113 Å². The number of carbonyl (C=O) groups excluding carboxylic acids is 3. The molecule has 0 aromatic rings. The predicted molar refractivity (Wildman–Crippen MR) is 67.4 cm³/mol. The molecule has 0 N–H and O–H groups in total. The number of amides is 2. The Bertz CT molecular complexity index is 342. The lowest BCUT2D eigenvalue weighted by atomic mass is 10.1. The van der Waals surface area contributed by atoms with E-state index >= 15 is 0 Å². The molecule has 1 saturated heterocycles. The fraction of sp³-hybridized carbons (Fsp3) is 0.769. The summed E-state index contributed by atoms with van der Waals surface area (Å²) in [5.74, 6) is -0.353. The minimum Gasteiger partial charge on any atom is -0.379 e. The van der Waals surface area contributed by atoms with Crippen molar-refractivity contribution >= 4 is 17.6 Å². The van der Waals surface area contributed by atoms with E-state index in [1.807, 2.05) is 0 Å². The van der Waals surface area contributed by atoms with E-state index in [0.717, 1.165) is 0 Å². The molecule has 1 unspecified atom stereocenters. The van der Waals surface area contributed by atoms with Crippen molar-refractivity contribution in [3.63, 3.8) is 0 Å². The Balaban J connectivity index is 2.01. The Morgan fingerprint density at radius 3 is 2.37 bits per heavy atom. The van der Waals surface area contributed by atoms with Crippen LogP contribution < -0.4 is 0 Å². The minimum atomic E-state index is -0.206. The number of Topliss-reactive ketones (excluding diaryl/α,β-unsaturated/α-hetero) is 1. The van der Waals surface area contributed by atoms with Crippen LogP contribution in [0.1, 0.15) is 26.7 Å². The van der Waals surface area contributed by atoms with E-state index < -0.39 is 0 Å². The summed E-state index contributed by atoms with van der Waals surface area (Å²) in [6, 6.07) is 0. The summed E-state index contributed by atoms with van der Waals surface area (Å²) in [5, 5.41) is 0. The van der Waals surface area contributed by atoms with Crippen LogP contribution in [-0.2, 0) is 23.9 Å². The molecule has 0 radical (unpaired) electrons. The minimum absolute atomic E-state index is 0.0982. The van der Waals surface area contributed by atoms with E-state index in [9.17, 15) is 14.4 Å². The van der Waals surface area contributed by atoms with Gasteiger partial charge < -0.3 is 9.47 Å². The third-order valence-corrected chi connectivity index (χ3v) is 2.90. The molecule has 2 amide bonds. The zero-order valence-corrected chi connectivity index (χ0v) is 11.5. The number of ether oxygens (including phenoxy) is 2. The predicted octanol–water partition coefficient (Wildman–Crippen LogP) is 0.394. The maximum Gasteiger partial charge on any atom is 0.232 e. The lowest BCUT2D eigenvalue weighted by Crippen LogP contribution is -2.33. The van der Waals surface area contributed by atoms with Crippen LogP contribution in [0, 0.1) is 5.92 Å². The van der Waals surface area contributed by atoms with Crippen molar-refractivity contribution in [3.05, 3.63) is 0 Å². The highest BCUT2D eigenvalue weighted by molar-refractivity contribution is 6.03. The average molecular weight is 271 g/mol. The number of carbonyl (C=O) groups is 3. The molecule has 0 aromatic heterocycles. The molecule has 1 atom stereocenters. The standard InChI is InChI=1S/C13H21NO5/c1-10-9-12(16)14(13(10)17)4-6-19-8-7-18-5-3-11(2)15/h10H,3-9H2,1-2H3. The second-order valence-electron chi connectivity index (χ2n) is 4.67. The van der Waals surface area contributed by atoms with Crippen LogP contribution in [0.5, 0.6) is 0 Å². The van der Waals surface area contributed by atoms with Crippen molar-refractivity contribution in [2.45, 2.75) is 26.7 Å². The molecule has 1 heterocycles. The third-order valence-electron chi connectivity index (χ3n) is 2.90. The largest absolute Gasteiger partial charge is 0.379 e. The highest BCUT2D eigenvalue weighted by atomic mass is 16.5. The van der Waals surface area contributed by atoms with Gasteiger partial charge in [-0.2, -0.15) is 0 Å². The van der Waals surface area contributed by atoms with Crippen LogP contribution in [0.2, 0.25) is 0 Å². The van der Waals surface area contributed by atoms with Gasteiger partial charge in [0.25, 0.3) is 0 Å². The van der Waals surface area contributed by atoms with Crippen LogP contribution in [0.15, 0.2) is 0 Å². The van der Waals surface area contributed by atoms with E-state index in [0.29, 0.717) is 45.8 Å². The molecule has 1 rings (SSSR count). The van der Waals surface area contributed by atoms with Crippen LogP contribution >= 0.6 is 0 Å². The van der Waals surface area contributed by atoms with Gasteiger partial charge in [-0.1, -0.05) is 6.92 Å². The Morgan fingerprint density at radius 1 is 1.21 bits per heavy atom. The van der Waals surface area contributed by atoms with E-state index in [1.54, 1.807) is 6.92 Å². The van der Waals surface area contributed by atoms with E-state index in [1.165, 1.54) is 11.8 Å². The molecule has 1 aliphatic heterocycles. The quantitative estimate of drug-likeness (QED) is 0.448. The molecule has 0 aromatic carbocycles. The third kappa shape index (κ3) is 5.48. The normalized spacial score (nSPS) is 19.3. The molecule has 0 bridgehead atoms.